The zero-order chi connectivity index (χ0) is 16.9. The Morgan fingerprint density at radius 3 is 2.83 bits per heavy atom. The second-order valence-corrected chi connectivity index (χ2v) is 5.91. The smallest absolute Gasteiger partial charge is 0.220 e. The second-order valence-electron chi connectivity index (χ2n) is 5.91. The highest BCUT2D eigenvalue weighted by Crippen LogP contribution is 2.34. The van der Waals surface area contributed by atoms with Crippen molar-refractivity contribution in [2.75, 3.05) is 13.2 Å². The lowest BCUT2D eigenvalue weighted by Gasteiger charge is -2.12. The van der Waals surface area contributed by atoms with Crippen LogP contribution in [-0.2, 0) is 11.2 Å². The summed E-state index contributed by atoms with van der Waals surface area (Å²) in [6.07, 6.45) is 2.48. The number of amides is 1. The molecule has 1 aliphatic rings. The molecule has 0 spiro atoms. The number of rotatable bonds is 6. The Kier molecular flexibility index (Phi) is 5.08. The van der Waals surface area contributed by atoms with E-state index in [0.29, 0.717) is 13.0 Å². The van der Waals surface area contributed by atoms with Gasteiger partial charge in [-0.3, -0.25) is 4.79 Å². The number of carbonyl (C=O) groups is 1. The molecule has 0 aliphatic heterocycles. The topological polar surface area (TPSA) is 38.3 Å². The van der Waals surface area contributed by atoms with Gasteiger partial charge in [-0.25, -0.2) is 8.78 Å². The van der Waals surface area contributed by atoms with Crippen LogP contribution in [0.2, 0.25) is 0 Å². The molecule has 2 aromatic rings. The SMILES string of the molecule is O=C(CC1CCc2ccccc21)NCCOc1ccc(F)c(F)c1. The molecule has 1 aliphatic carbocycles. The summed E-state index contributed by atoms with van der Waals surface area (Å²) in [5.74, 6) is -1.37. The van der Waals surface area contributed by atoms with Gasteiger partial charge in [-0.05, 0) is 42.0 Å². The summed E-state index contributed by atoms with van der Waals surface area (Å²) in [6.45, 7) is 0.532. The first kappa shape index (κ1) is 16.4. The number of carbonyl (C=O) groups excluding carboxylic acids is 1. The van der Waals surface area contributed by atoms with Crippen molar-refractivity contribution in [2.45, 2.75) is 25.2 Å². The summed E-state index contributed by atoms with van der Waals surface area (Å²) in [5, 5.41) is 2.80. The molecule has 3 nitrogen and oxygen atoms in total. The Labute approximate surface area is 139 Å². The molecular weight excluding hydrogens is 312 g/mol. The van der Waals surface area contributed by atoms with E-state index in [1.807, 2.05) is 12.1 Å². The Morgan fingerprint density at radius 2 is 2.00 bits per heavy atom. The molecule has 126 valence electrons. The maximum absolute atomic E-state index is 13.0. The quantitative estimate of drug-likeness (QED) is 0.822. The molecule has 1 N–H and O–H groups in total. The lowest BCUT2D eigenvalue weighted by Crippen LogP contribution is -2.29. The first-order valence-electron chi connectivity index (χ1n) is 8.06. The van der Waals surface area contributed by atoms with E-state index in [2.05, 4.69) is 17.4 Å². The summed E-state index contributed by atoms with van der Waals surface area (Å²) < 4.78 is 31.1. The molecule has 1 amide bonds. The molecule has 0 saturated carbocycles. The average molecular weight is 331 g/mol. The van der Waals surface area contributed by atoms with Crippen LogP contribution in [0.15, 0.2) is 42.5 Å². The molecule has 0 bridgehead atoms. The van der Waals surface area contributed by atoms with Crippen LogP contribution >= 0.6 is 0 Å². The van der Waals surface area contributed by atoms with Crippen molar-refractivity contribution in [2.24, 2.45) is 0 Å². The summed E-state index contributed by atoms with van der Waals surface area (Å²) in [7, 11) is 0. The molecule has 0 saturated heterocycles. The minimum atomic E-state index is -0.948. The Bertz CT molecular complexity index is 733. The number of ether oxygens (including phenoxy) is 1. The van der Waals surface area contributed by atoms with Gasteiger partial charge in [-0.15, -0.1) is 0 Å². The van der Waals surface area contributed by atoms with Gasteiger partial charge in [0.2, 0.25) is 5.91 Å². The van der Waals surface area contributed by atoms with E-state index in [0.717, 1.165) is 25.0 Å². The van der Waals surface area contributed by atoms with E-state index in [4.69, 9.17) is 4.74 Å². The van der Waals surface area contributed by atoms with Gasteiger partial charge in [0, 0.05) is 12.5 Å². The first-order valence-corrected chi connectivity index (χ1v) is 8.06. The lowest BCUT2D eigenvalue weighted by molar-refractivity contribution is -0.121. The van der Waals surface area contributed by atoms with Crippen LogP contribution in [0.4, 0.5) is 8.78 Å². The van der Waals surface area contributed by atoms with Crippen LogP contribution in [-0.4, -0.2) is 19.1 Å². The van der Waals surface area contributed by atoms with E-state index in [1.54, 1.807) is 0 Å². The summed E-state index contributed by atoms with van der Waals surface area (Å²) >= 11 is 0. The van der Waals surface area contributed by atoms with E-state index in [1.165, 1.54) is 17.2 Å². The predicted molar refractivity (Wildman–Crippen MR) is 87.0 cm³/mol. The van der Waals surface area contributed by atoms with Crippen LogP contribution in [0, 0.1) is 11.6 Å². The minimum Gasteiger partial charge on any atom is -0.492 e. The molecule has 0 heterocycles. The maximum Gasteiger partial charge on any atom is 0.220 e. The van der Waals surface area contributed by atoms with Crippen LogP contribution < -0.4 is 10.1 Å². The monoisotopic (exact) mass is 331 g/mol. The van der Waals surface area contributed by atoms with Gasteiger partial charge in [0.15, 0.2) is 11.6 Å². The van der Waals surface area contributed by atoms with Crippen molar-refractivity contribution >= 4 is 5.91 Å². The van der Waals surface area contributed by atoms with Crippen molar-refractivity contribution in [1.82, 2.24) is 5.32 Å². The first-order chi connectivity index (χ1) is 11.6. The highest BCUT2D eigenvalue weighted by Gasteiger charge is 2.23. The third kappa shape index (κ3) is 3.91. The van der Waals surface area contributed by atoms with Gasteiger partial charge in [-0.1, -0.05) is 24.3 Å². The number of hydrogen-bond donors (Lipinski definition) is 1. The second kappa shape index (κ2) is 7.43. The summed E-state index contributed by atoms with van der Waals surface area (Å²) in [4.78, 5) is 12.0. The van der Waals surface area contributed by atoms with Gasteiger partial charge in [0.25, 0.3) is 0 Å². The number of benzene rings is 2. The number of fused-ring (bicyclic) bond motifs is 1. The Hall–Kier alpha value is -2.43. The summed E-state index contributed by atoms with van der Waals surface area (Å²) in [6, 6.07) is 11.6. The Balaban J connectivity index is 1.41. The molecule has 0 fully saturated rings. The van der Waals surface area contributed by atoms with Crippen LogP contribution in [0.25, 0.3) is 0 Å². The lowest BCUT2D eigenvalue weighted by atomic mass is 9.97. The van der Waals surface area contributed by atoms with Crippen LogP contribution in [0.3, 0.4) is 0 Å². The maximum atomic E-state index is 13.0. The Morgan fingerprint density at radius 1 is 1.17 bits per heavy atom. The molecule has 3 rings (SSSR count). The highest BCUT2D eigenvalue weighted by molar-refractivity contribution is 5.77. The number of hydrogen-bond acceptors (Lipinski definition) is 2. The van der Waals surface area contributed by atoms with E-state index >= 15 is 0 Å². The number of aryl methyl sites for hydroxylation is 1. The van der Waals surface area contributed by atoms with Crippen molar-refractivity contribution in [3.63, 3.8) is 0 Å². The van der Waals surface area contributed by atoms with E-state index < -0.39 is 11.6 Å². The molecular formula is C19H19F2NO2. The number of halogens is 2. The van der Waals surface area contributed by atoms with Gasteiger partial charge in [0.05, 0.1) is 6.54 Å². The zero-order valence-electron chi connectivity index (χ0n) is 13.2. The molecule has 2 aromatic carbocycles. The van der Waals surface area contributed by atoms with Crippen molar-refractivity contribution in [1.29, 1.82) is 0 Å². The van der Waals surface area contributed by atoms with Gasteiger partial charge in [0.1, 0.15) is 12.4 Å². The number of nitrogens with one attached hydrogen (secondary N) is 1. The van der Waals surface area contributed by atoms with Gasteiger partial charge < -0.3 is 10.1 Å². The van der Waals surface area contributed by atoms with E-state index in [9.17, 15) is 13.6 Å². The fourth-order valence-electron chi connectivity index (χ4n) is 3.08. The molecule has 0 aromatic heterocycles. The van der Waals surface area contributed by atoms with Crippen LogP contribution in [0.5, 0.6) is 5.75 Å². The predicted octanol–water partition coefficient (Wildman–Crippen LogP) is 3.58. The fourth-order valence-corrected chi connectivity index (χ4v) is 3.08. The van der Waals surface area contributed by atoms with E-state index in [-0.39, 0.29) is 24.2 Å². The molecule has 5 heteroatoms. The minimum absolute atomic E-state index is 0.0226. The van der Waals surface area contributed by atoms with Crippen molar-refractivity contribution in [3.8, 4) is 5.75 Å². The third-order valence-corrected chi connectivity index (χ3v) is 4.27. The van der Waals surface area contributed by atoms with Gasteiger partial charge in [-0.2, -0.15) is 0 Å². The van der Waals surface area contributed by atoms with Crippen molar-refractivity contribution < 1.29 is 18.3 Å². The molecule has 1 atom stereocenters. The average Bonchev–Trinajstić information content (AvgIpc) is 2.98. The highest BCUT2D eigenvalue weighted by atomic mass is 19.2. The molecule has 0 radical (unpaired) electrons. The standard InChI is InChI=1S/C19H19F2NO2/c20-17-8-7-15(12-18(17)21)24-10-9-22-19(23)11-14-6-5-13-3-1-2-4-16(13)14/h1-4,7-8,12,14H,5-6,9-11H2,(H,22,23). The zero-order valence-corrected chi connectivity index (χ0v) is 13.2. The molecule has 1 unspecified atom stereocenters. The normalized spacial score (nSPS) is 15.8. The van der Waals surface area contributed by atoms with Crippen molar-refractivity contribution in [3.05, 3.63) is 65.2 Å². The summed E-state index contributed by atoms with van der Waals surface area (Å²) in [5.41, 5.74) is 2.60. The largest absolute Gasteiger partial charge is 0.492 e. The third-order valence-electron chi connectivity index (χ3n) is 4.27. The fraction of sp³-hybridized carbons (Fsp3) is 0.316. The molecule has 24 heavy (non-hydrogen) atoms. The van der Waals surface area contributed by atoms with Crippen LogP contribution in [0.1, 0.15) is 29.9 Å². The van der Waals surface area contributed by atoms with Gasteiger partial charge >= 0.3 is 0 Å².